The number of halogens is 3. The fourth-order valence-corrected chi connectivity index (χ4v) is 4.02. The van der Waals surface area contributed by atoms with Gasteiger partial charge in [0.2, 0.25) is 0 Å². The first-order valence-electron chi connectivity index (χ1n) is 8.38. The van der Waals surface area contributed by atoms with Gasteiger partial charge >= 0.3 is 0 Å². The summed E-state index contributed by atoms with van der Waals surface area (Å²) >= 11 is 7.36. The maximum Gasteiger partial charge on any atom is 0.260 e. The molecule has 28 heavy (non-hydrogen) atoms. The molecule has 0 spiro atoms. The lowest BCUT2D eigenvalue weighted by atomic mass is 10.1. The Morgan fingerprint density at radius 2 is 1.79 bits per heavy atom. The molecule has 0 aliphatic carbocycles. The van der Waals surface area contributed by atoms with E-state index in [1.54, 1.807) is 18.2 Å². The zero-order valence-electron chi connectivity index (χ0n) is 14.4. The normalized spacial score (nSPS) is 11.0. The van der Waals surface area contributed by atoms with Crippen LogP contribution in [0.25, 0.3) is 10.2 Å². The molecule has 0 bridgehead atoms. The molecule has 0 aliphatic heterocycles. The second kappa shape index (κ2) is 7.66. The predicted molar refractivity (Wildman–Crippen MR) is 108 cm³/mol. The minimum Gasteiger partial charge on any atom is -0.279 e. The van der Waals surface area contributed by atoms with Gasteiger partial charge in [-0.25, -0.2) is 13.8 Å². The van der Waals surface area contributed by atoms with Gasteiger partial charge in [0.05, 0.1) is 16.8 Å². The first-order valence-corrected chi connectivity index (χ1v) is 9.57. The van der Waals surface area contributed by atoms with Crippen LogP contribution in [0.1, 0.15) is 15.9 Å². The van der Waals surface area contributed by atoms with E-state index in [0.717, 1.165) is 22.4 Å². The van der Waals surface area contributed by atoms with Crippen LogP contribution in [-0.2, 0) is 6.54 Å². The molecule has 0 saturated carbocycles. The third-order valence-electron chi connectivity index (χ3n) is 4.17. The highest BCUT2D eigenvalue weighted by atomic mass is 35.5. The maximum atomic E-state index is 13.7. The van der Waals surface area contributed by atoms with Crippen LogP contribution >= 0.6 is 22.9 Å². The van der Waals surface area contributed by atoms with E-state index in [1.165, 1.54) is 22.3 Å². The van der Waals surface area contributed by atoms with Gasteiger partial charge in [-0.1, -0.05) is 53.3 Å². The average Bonchev–Trinajstić information content (AvgIpc) is 3.11. The van der Waals surface area contributed by atoms with E-state index in [9.17, 15) is 13.6 Å². The first kappa shape index (κ1) is 18.5. The Bertz CT molecular complexity index is 1160. The molecule has 4 rings (SSSR count). The molecule has 0 atom stereocenters. The summed E-state index contributed by atoms with van der Waals surface area (Å²) < 4.78 is 27.8. The van der Waals surface area contributed by atoms with E-state index >= 15 is 0 Å². The number of carbonyl (C=O) groups is 1. The molecule has 1 amide bonds. The van der Waals surface area contributed by atoms with E-state index in [1.807, 2.05) is 30.3 Å². The fourth-order valence-electron chi connectivity index (χ4n) is 2.78. The van der Waals surface area contributed by atoms with Crippen LogP contribution in [-0.4, -0.2) is 10.9 Å². The highest BCUT2D eigenvalue weighted by Gasteiger charge is 2.23. The van der Waals surface area contributed by atoms with Crippen molar-refractivity contribution in [2.45, 2.75) is 6.54 Å². The summed E-state index contributed by atoms with van der Waals surface area (Å²) in [6.07, 6.45) is 0. The third kappa shape index (κ3) is 3.74. The van der Waals surface area contributed by atoms with Crippen LogP contribution in [0.3, 0.4) is 0 Å². The smallest absolute Gasteiger partial charge is 0.260 e. The van der Waals surface area contributed by atoms with Gasteiger partial charge in [0.15, 0.2) is 16.8 Å². The number of anilines is 1. The van der Waals surface area contributed by atoms with E-state index in [2.05, 4.69) is 4.98 Å². The van der Waals surface area contributed by atoms with Crippen molar-refractivity contribution in [3.8, 4) is 0 Å². The lowest BCUT2D eigenvalue weighted by Gasteiger charge is -2.20. The number of nitrogens with zero attached hydrogens (tertiary/aromatic N) is 2. The summed E-state index contributed by atoms with van der Waals surface area (Å²) in [5.41, 5.74) is 1.64. The van der Waals surface area contributed by atoms with Crippen molar-refractivity contribution in [2.24, 2.45) is 0 Å². The second-order valence-corrected chi connectivity index (χ2v) is 7.56. The molecule has 140 valence electrons. The Balaban J connectivity index is 1.78. The lowest BCUT2D eigenvalue weighted by molar-refractivity contribution is 0.0984. The van der Waals surface area contributed by atoms with Crippen molar-refractivity contribution < 1.29 is 13.6 Å². The highest BCUT2D eigenvalue weighted by Crippen LogP contribution is 2.32. The third-order valence-corrected chi connectivity index (χ3v) is 5.44. The number of thiazole rings is 1. The summed E-state index contributed by atoms with van der Waals surface area (Å²) in [5.74, 6) is -2.53. The quantitative estimate of drug-likeness (QED) is 0.405. The number of amides is 1. The molecule has 7 heteroatoms. The zero-order valence-corrected chi connectivity index (χ0v) is 16.0. The van der Waals surface area contributed by atoms with Crippen molar-refractivity contribution in [2.75, 3.05) is 4.90 Å². The van der Waals surface area contributed by atoms with E-state index in [-0.39, 0.29) is 12.1 Å². The van der Waals surface area contributed by atoms with Gasteiger partial charge in [0.1, 0.15) is 0 Å². The summed E-state index contributed by atoms with van der Waals surface area (Å²) in [6.45, 7) is 0.242. The monoisotopic (exact) mass is 414 g/mol. The van der Waals surface area contributed by atoms with Gasteiger partial charge < -0.3 is 0 Å². The van der Waals surface area contributed by atoms with Crippen LogP contribution in [0, 0.1) is 11.6 Å². The summed E-state index contributed by atoms with van der Waals surface area (Å²) in [4.78, 5) is 19.1. The Hall–Kier alpha value is -2.83. The number of carbonyl (C=O) groups excluding carboxylic acids is 1. The molecule has 0 aliphatic rings. The Morgan fingerprint density at radius 3 is 2.54 bits per heavy atom. The number of hydrogen-bond acceptors (Lipinski definition) is 3. The first-order chi connectivity index (χ1) is 13.5. The molecule has 4 aromatic rings. The van der Waals surface area contributed by atoms with Gasteiger partial charge in [0.25, 0.3) is 5.91 Å². The number of aromatic nitrogens is 1. The van der Waals surface area contributed by atoms with Crippen LogP contribution in [0.5, 0.6) is 0 Å². The zero-order chi connectivity index (χ0) is 19.7. The summed E-state index contributed by atoms with van der Waals surface area (Å²) in [6, 6.07) is 17.8. The number of hydrogen-bond donors (Lipinski definition) is 0. The molecule has 0 N–H and O–H groups in total. The Morgan fingerprint density at radius 1 is 1.00 bits per heavy atom. The van der Waals surface area contributed by atoms with Crippen molar-refractivity contribution in [3.05, 3.63) is 94.5 Å². The van der Waals surface area contributed by atoms with Crippen molar-refractivity contribution in [3.63, 3.8) is 0 Å². The highest BCUT2D eigenvalue weighted by molar-refractivity contribution is 7.22. The Kier molecular flexibility index (Phi) is 5.07. The van der Waals surface area contributed by atoms with E-state index < -0.39 is 17.5 Å². The molecule has 3 nitrogen and oxygen atoms in total. The molecule has 0 unspecified atom stereocenters. The lowest BCUT2D eigenvalue weighted by Crippen LogP contribution is -2.30. The average molecular weight is 415 g/mol. The van der Waals surface area contributed by atoms with Crippen LogP contribution < -0.4 is 4.90 Å². The van der Waals surface area contributed by atoms with Gasteiger partial charge in [0, 0.05) is 10.6 Å². The largest absolute Gasteiger partial charge is 0.279 e. The van der Waals surface area contributed by atoms with Crippen LogP contribution in [0.2, 0.25) is 5.02 Å². The van der Waals surface area contributed by atoms with Gasteiger partial charge in [-0.3, -0.25) is 9.69 Å². The van der Waals surface area contributed by atoms with Crippen LogP contribution in [0.15, 0.2) is 66.7 Å². The van der Waals surface area contributed by atoms with Crippen LogP contribution in [0.4, 0.5) is 13.9 Å². The summed E-state index contributed by atoms with van der Waals surface area (Å²) in [7, 11) is 0. The fraction of sp³-hybridized carbons (Fsp3) is 0.0476. The molecular formula is C21H13ClF2N2OS. The van der Waals surface area contributed by atoms with Crippen molar-refractivity contribution in [1.82, 2.24) is 4.98 Å². The summed E-state index contributed by atoms with van der Waals surface area (Å²) in [5, 5.41) is 1.03. The van der Waals surface area contributed by atoms with Crippen molar-refractivity contribution >= 4 is 44.2 Å². The van der Waals surface area contributed by atoms with Gasteiger partial charge in [-0.2, -0.15) is 0 Å². The number of fused-ring (bicyclic) bond motifs is 1. The molecule has 1 heterocycles. The predicted octanol–water partition coefficient (Wildman–Crippen LogP) is 6.07. The van der Waals surface area contributed by atoms with E-state index in [0.29, 0.717) is 15.7 Å². The molecule has 0 saturated heterocycles. The maximum absolute atomic E-state index is 13.7. The van der Waals surface area contributed by atoms with Gasteiger partial charge in [-0.05, 0) is 42.0 Å². The molecule has 0 fully saturated rings. The minimum absolute atomic E-state index is 0.0483. The molecule has 0 radical (unpaired) electrons. The molecular weight excluding hydrogens is 402 g/mol. The number of rotatable bonds is 4. The van der Waals surface area contributed by atoms with E-state index in [4.69, 9.17) is 11.6 Å². The SMILES string of the molecule is O=C(c1ccc(F)c(F)c1)N(Cc1ccccc1)c1nc2ccc(Cl)cc2s1. The minimum atomic E-state index is -1.07. The number of benzene rings is 3. The van der Waals surface area contributed by atoms with Crippen molar-refractivity contribution in [1.29, 1.82) is 0 Å². The topological polar surface area (TPSA) is 33.2 Å². The van der Waals surface area contributed by atoms with Gasteiger partial charge in [-0.15, -0.1) is 0 Å². The standard InChI is InChI=1S/C21H13ClF2N2OS/c22-15-7-9-18-19(11-15)28-21(25-18)26(12-13-4-2-1-3-5-13)20(27)14-6-8-16(23)17(24)10-14/h1-11H,12H2. The molecule has 1 aromatic heterocycles. The Labute approximate surface area is 168 Å². The molecule has 3 aromatic carbocycles. The second-order valence-electron chi connectivity index (χ2n) is 6.11.